The first-order valence-corrected chi connectivity index (χ1v) is 20.7. The molecule has 0 aliphatic carbocycles. The molecule has 0 fully saturated rings. The van der Waals surface area contributed by atoms with Crippen LogP contribution in [0.5, 0.6) is 0 Å². The third-order valence-corrected chi connectivity index (χ3v) is 12.1. The number of hydrogen-bond donors (Lipinski definition) is 0. The molecule has 0 aliphatic heterocycles. The fourth-order valence-electron chi connectivity index (χ4n) is 9.10. The summed E-state index contributed by atoms with van der Waals surface area (Å²) in [5, 5.41) is 6.66. The lowest BCUT2D eigenvalue weighted by atomic mass is 9.96. The molecule has 2 heterocycles. The van der Waals surface area contributed by atoms with Crippen LogP contribution < -0.4 is 4.90 Å². The summed E-state index contributed by atoms with van der Waals surface area (Å²) in [5.74, 6) is 0. The minimum atomic E-state index is 0.877. The van der Waals surface area contributed by atoms with Gasteiger partial charge < -0.3 is 13.7 Å². The van der Waals surface area contributed by atoms with Crippen LogP contribution in [0, 0.1) is 0 Å². The molecule has 0 unspecified atom stereocenters. The Bertz CT molecular complexity index is 3550. The Labute approximate surface area is 353 Å². The van der Waals surface area contributed by atoms with Crippen molar-refractivity contribution in [1.29, 1.82) is 0 Å². The Morgan fingerprint density at radius 1 is 0.279 bits per heavy atom. The van der Waals surface area contributed by atoms with E-state index in [0.29, 0.717) is 0 Å². The third kappa shape index (κ3) is 5.98. The molecule has 12 aromatic rings. The predicted molar refractivity (Wildman–Crippen MR) is 255 cm³/mol. The number of anilines is 3. The molecule has 61 heavy (non-hydrogen) atoms. The van der Waals surface area contributed by atoms with Crippen LogP contribution in [-0.2, 0) is 0 Å². The van der Waals surface area contributed by atoms with Gasteiger partial charge in [0.05, 0.1) is 5.69 Å². The van der Waals surface area contributed by atoms with Crippen molar-refractivity contribution in [3.63, 3.8) is 0 Å². The smallest absolute Gasteiger partial charge is 0.143 e. The lowest BCUT2D eigenvalue weighted by molar-refractivity contribution is 0.669. The van der Waals surface area contributed by atoms with Crippen molar-refractivity contribution in [2.24, 2.45) is 0 Å². The second-order valence-electron chi connectivity index (χ2n) is 15.6. The number of para-hydroxylation sites is 1. The molecular weight excluding hydrogens is 743 g/mol. The van der Waals surface area contributed by atoms with Crippen molar-refractivity contribution >= 4 is 71.7 Å². The van der Waals surface area contributed by atoms with Gasteiger partial charge >= 0.3 is 0 Å². The maximum absolute atomic E-state index is 6.75. The minimum absolute atomic E-state index is 0.877. The fourth-order valence-corrected chi connectivity index (χ4v) is 9.10. The molecular formula is C58H37NO2. The SMILES string of the molecule is c1ccc(-c2ccc(N(c3ccc(-c4ccc(-c5cccc6oc7ccccc7c56)cc4)cc3)c3cc4c5ccc(-c6ccccc6)cc5oc4c4ccccc34)cc2)cc1. The monoisotopic (exact) mass is 779 g/mol. The van der Waals surface area contributed by atoms with Crippen LogP contribution in [-0.4, -0.2) is 0 Å². The van der Waals surface area contributed by atoms with Gasteiger partial charge in [-0.15, -0.1) is 0 Å². The van der Waals surface area contributed by atoms with E-state index in [1.165, 1.54) is 22.3 Å². The quantitative estimate of drug-likeness (QED) is 0.161. The van der Waals surface area contributed by atoms with Crippen molar-refractivity contribution < 1.29 is 8.83 Å². The highest BCUT2D eigenvalue weighted by Crippen LogP contribution is 2.46. The summed E-state index contributed by atoms with van der Waals surface area (Å²) in [6.45, 7) is 0. The van der Waals surface area contributed by atoms with Crippen molar-refractivity contribution in [3.8, 4) is 44.5 Å². The zero-order chi connectivity index (χ0) is 40.3. The Kier molecular flexibility index (Phi) is 8.17. The highest BCUT2D eigenvalue weighted by molar-refractivity contribution is 6.20. The summed E-state index contributed by atoms with van der Waals surface area (Å²) in [7, 11) is 0. The van der Waals surface area contributed by atoms with E-state index in [-0.39, 0.29) is 0 Å². The average molecular weight is 780 g/mol. The second kappa shape index (κ2) is 14.3. The molecule has 0 saturated carbocycles. The molecule has 0 aliphatic rings. The fraction of sp³-hybridized carbons (Fsp3) is 0. The molecule has 0 saturated heterocycles. The molecule has 12 rings (SSSR count). The highest BCUT2D eigenvalue weighted by Gasteiger charge is 2.21. The molecule has 0 spiro atoms. The Balaban J connectivity index is 0.970. The van der Waals surface area contributed by atoms with Gasteiger partial charge in [0.25, 0.3) is 0 Å². The van der Waals surface area contributed by atoms with Crippen molar-refractivity contribution in [3.05, 3.63) is 224 Å². The van der Waals surface area contributed by atoms with E-state index in [9.17, 15) is 0 Å². The number of nitrogens with zero attached hydrogens (tertiary/aromatic N) is 1. The lowest BCUT2D eigenvalue weighted by Crippen LogP contribution is -2.10. The van der Waals surface area contributed by atoms with E-state index in [4.69, 9.17) is 8.83 Å². The van der Waals surface area contributed by atoms with Crippen LogP contribution in [0.3, 0.4) is 0 Å². The second-order valence-corrected chi connectivity index (χ2v) is 15.6. The van der Waals surface area contributed by atoms with Gasteiger partial charge in [0, 0.05) is 43.7 Å². The van der Waals surface area contributed by atoms with Crippen LogP contribution >= 0.6 is 0 Å². The van der Waals surface area contributed by atoms with E-state index < -0.39 is 0 Å². The Hall–Kier alpha value is -8.14. The molecule has 2 aromatic heterocycles. The lowest BCUT2D eigenvalue weighted by Gasteiger charge is -2.27. The first kappa shape index (κ1) is 34.9. The van der Waals surface area contributed by atoms with Crippen LogP contribution in [0.15, 0.2) is 233 Å². The number of fused-ring (bicyclic) bond motifs is 8. The molecule has 0 bridgehead atoms. The van der Waals surface area contributed by atoms with Crippen LogP contribution in [0.2, 0.25) is 0 Å². The van der Waals surface area contributed by atoms with Gasteiger partial charge in [-0.05, 0) is 99.1 Å². The molecule has 3 heteroatoms. The zero-order valence-electron chi connectivity index (χ0n) is 33.1. The van der Waals surface area contributed by atoms with Gasteiger partial charge in [0.1, 0.15) is 22.3 Å². The summed E-state index contributed by atoms with van der Waals surface area (Å²) in [6.07, 6.45) is 0. The molecule has 10 aromatic carbocycles. The first-order valence-electron chi connectivity index (χ1n) is 20.7. The van der Waals surface area contributed by atoms with Crippen LogP contribution in [0.25, 0.3) is 99.2 Å². The zero-order valence-corrected chi connectivity index (χ0v) is 33.1. The van der Waals surface area contributed by atoms with Gasteiger partial charge in [-0.3, -0.25) is 0 Å². The summed E-state index contributed by atoms with van der Waals surface area (Å²) in [5.41, 5.74) is 16.1. The van der Waals surface area contributed by atoms with Gasteiger partial charge in [-0.2, -0.15) is 0 Å². The predicted octanol–water partition coefficient (Wildman–Crippen LogP) is 16.8. The number of benzene rings is 10. The van der Waals surface area contributed by atoms with Gasteiger partial charge in [0.15, 0.2) is 0 Å². The number of furan rings is 2. The Morgan fingerprint density at radius 2 is 0.787 bits per heavy atom. The van der Waals surface area contributed by atoms with E-state index in [0.717, 1.165) is 94.0 Å². The summed E-state index contributed by atoms with van der Waals surface area (Å²) < 4.78 is 13.0. The average Bonchev–Trinajstić information content (AvgIpc) is 3.91. The largest absolute Gasteiger partial charge is 0.456 e. The van der Waals surface area contributed by atoms with Gasteiger partial charge in [0.2, 0.25) is 0 Å². The van der Waals surface area contributed by atoms with Crippen molar-refractivity contribution in [2.45, 2.75) is 0 Å². The topological polar surface area (TPSA) is 29.5 Å². The molecule has 0 radical (unpaired) electrons. The van der Waals surface area contributed by atoms with E-state index >= 15 is 0 Å². The van der Waals surface area contributed by atoms with Crippen molar-refractivity contribution in [2.75, 3.05) is 4.90 Å². The highest BCUT2D eigenvalue weighted by atomic mass is 16.3. The maximum atomic E-state index is 6.75. The third-order valence-electron chi connectivity index (χ3n) is 12.1. The normalized spacial score (nSPS) is 11.6. The minimum Gasteiger partial charge on any atom is -0.456 e. The molecule has 3 nitrogen and oxygen atoms in total. The van der Waals surface area contributed by atoms with Crippen LogP contribution in [0.1, 0.15) is 0 Å². The van der Waals surface area contributed by atoms with E-state index in [1.807, 2.05) is 12.1 Å². The Morgan fingerprint density at radius 3 is 1.46 bits per heavy atom. The van der Waals surface area contributed by atoms with E-state index in [2.05, 4.69) is 217 Å². The standard InChI is InChI=1S/C58H37NO2/c1-3-12-38(13-4-1)41-26-31-45(32-27-41)59(53-37-52-49-35-30-44(39-14-5-2-6-15-39)36-56(49)61-58(52)50-17-8-7-16-48(50)53)46-33-28-42(29-34-46)40-22-24-43(25-23-40)47-19-11-21-55-57(47)51-18-9-10-20-54(51)60-55/h1-37H. The molecule has 0 amide bonds. The number of rotatable bonds is 7. The molecule has 0 N–H and O–H groups in total. The van der Waals surface area contributed by atoms with Gasteiger partial charge in [-0.1, -0.05) is 170 Å². The first-order chi connectivity index (χ1) is 30.2. The summed E-state index contributed by atoms with van der Waals surface area (Å²) in [6, 6.07) is 79.9. The molecule has 0 atom stereocenters. The van der Waals surface area contributed by atoms with E-state index in [1.54, 1.807) is 0 Å². The van der Waals surface area contributed by atoms with Gasteiger partial charge in [-0.25, -0.2) is 0 Å². The number of hydrogen-bond acceptors (Lipinski definition) is 3. The van der Waals surface area contributed by atoms with Crippen LogP contribution in [0.4, 0.5) is 17.1 Å². The maximum Gasteiger partial charge on any atom is 0.143 e. The summed E-state index contributed by atoms with van der Waals surface area (Å²) >= 11 is 0. The molecule has 286 valence electrons. The van der Waals surface area contributed by atoms with Crippen molar-refractivity contribution in [1.82, 2.24) is 0 Å². The summed E-state index contributed by atoms with van der Waals surface area (Å²) in [4.78, 5) is 2.39.